The molecule has 0 spiro atoms. The van der Waals surface area contributed by atoms with Crippen LogP contribution in [0.3, 0.4) is 0 Å². The van der Waals surface area contributed by atoms with Crippen molar-refractivity contribution >= 4 is 19.9 Å². The van der Waals surface area contributed by atoms with Crippen molar-refractivity contribution in [3.63, 3.8) is 0 Å². The van der Waals surface area contributed by atoms with Gasteiger partial charge >= 0.3 is 136 Å². The topological polar surface area (TPSA) is 0 Å². The van der Waals surface area contributed by atoms with Gasteiger partial charge in [0.2, 0.25) is 0 Å². The second-order valence-electron chi connectivity index (χ2n) is 5.48. The Bertz CT molecular complexity index is 644. The van der Waals surface area contributed by atoms with Gasteiger partial charge in [-0.05, 0) is 0 Å². The van der Waals surface area contributed by atoms with Crippen molar-refractivity contribution in [1.82, 2.24) is 0 Å². The maximum absolute atomic E-state index is 2.37. The van der Waals surface area contributed by atoms with Crippen LogP contribution < -0.4 is 42.4 Å². The zero-order chi connectivity index (χ0) is 13.9. The summed E-state index contributed by atoms with van der Waals surface area (Å²) in [5, 5.41) is 3.24. The fourth-order valence-electron chi connectivity index (χ4n) is 3.17. The molecule has 0 heterocycles. The van der Waals surface area contributed by atoms with Crippen molar-refractivity contribution in [2.24, 2.45) is 0 Å². The summed E-state index contributed by atoms with van der Waals surface area (Å²) in [6, 6.07) is 20.1. The van der Waals surface area contributed by atoms with Gasteiger partial charge < -0.3 is 37.2 Å². The molecule has 0 fully saturated rings. The number of allylic oxidation sites excluding steroid dienone is 1. The molecule has 5 heteroatoms. The number of hydrogen-bond acceptors (Lipinski definition) is 0. The van der Waals surface area contributed by atoms with Crippen molar-refractivity contribution < 1.29 is 57.7 Å². The predicted octanol–water partition coefficient (Wildman–Crippen LogP) is -5.69. The molecule has 1 atom stereocenters. The fraction of sp³-hybridized carbons (Fsp3) is 0.222. The second-order valence-corrected chi connectivity index (χ2v) is 8.20. The number of hydrogen-bond donors (Lipinski definition) is 0. The predicted molar refractivity (Wildman–Crippen MR) is 85.6 cm³/mol. The fourth-order valence-corrected chi connectivity index (χ4v) is 6.12. The summed E-state index contributed by atoms with van der Waals surface area (Å²) < 4.78 is 1.64. The standard InChI is InChI=1S/C18H19Si.3ClH.Ti/c1-2-8-14-13-18(17-12-7-6-11-16(14)17)19-15-9-4-3-5-10-15;;;;/h3-7,9-12,14H,2,8,19H2,1H3;3*1H;/q;;;;+3/p-3. The zero-order valence-corrected chi connectivity index (χ0v) is 18.3. The summed E-state index contributed by atoms with van der Waals surface area (Å²) in [6.07, 6.45) is 2.55. The van der Waals surface area contributed by atoms with Gasteiger partial charge in [-0.2, -0.15) is 0 Å². The molecule has 0 saturated carbocycles. The van der Waals surface area contributed by atoms with Crippen LogP contribution in [0, 0.1) is 0 Å². The van der Waals surface area contributed by atoms with E-state index in [1.165, 1.54) is 12.8 Å². The Morgan fingerprint density at radius 3 is 2.17 bits per heavy atom. The van der Waals surface area contributed by atoms with Crippen LogP contribution in [0.1, 0.15) is 36.8 Å². The quantitative estimate of drug-likeness (QED) is 0.435. The maximum atomic E-state index is 2.37. The van der Waals surface area contributed by atoms with Crippen LogP contribution in [0.25, 0.3) is 5.20 Å². The van der Waals surface area contributed by atoms with Gasteiger partial charge in [0, 0.05) is 0 Å². The van der Waals surface area contributed by atoms with Crippen LogP contribution in [0.15, 0.2) is 58.5 Å². The molecule has 2 aromatic carbocycles. The van der Waals surface area contributed by atoms with E-state index in [1.54, 1.807) is 25.4 Å². The molecule has 23 heavy (non-hydrogen) atoms. The number of fused-ring (bicyclic) bond motifs is 1. The molecule has 1 aliphatic rings. The van der Waals surface area contributed by atoms with Gasteiger partial charge in [0.1, 0.15) is 0 Å². The largest absolute Gasteiger partial charge is 1.00 e. The van der Waals surface area contributed by atoms with Crippen LogP contribution in [-0.2, 0) is 20.4 Å². The monoisotopic (exact) mass is 416 g/mol. The molecule has 1 unspecified atom stereocenters. The van der Waals surface area contributed by atoms with Gasteiger partial charge in [-0.15, -0.1) is 0 Å². The smallest absolute Gasteiger partial charge is 1.00 e. The molecular formula is C18H19Cl3SiTi. The van der Waals surface area contributed by atoms with Crippen molar-refractivity contribution in [2.75, 3.05) is 0 Å². The molecule has 3 rings (SSSR count). The Kier molecular flexibility index (Phi) is 10.8. The second kappa shape index (κ2) is 10.8. The number of rotatable bonds is 4. The molecule has 0 saturated heterocycles. The molecule has 0 nitrogen and oxygen atoms in total. The third-order valence-electron chi connectivity index (χ3n) is 4.14. The van der Waals surface area contributed by atoms with E-state index in [2.05, 4.69) is 82.0 Å². The van der Waals surface area contributed by atoms with E-state index < -0.39 is 0 Å². The zero-order valence-electron chi connectivity index (χ0n) is 13.0. The van der Waals surface area contributed by atoms with Crippen molar-refractivity contribution in [3.8, 4) is 0 Å². The van der Waals surface area contributed by atoms with E-state index >= 15 is 0 Å². The molecular weight excluding hydrogens is 399 g/mol. The molecule has 0 radical (unpaired) electrons. The third kappa shape index (κ3) is 4.98. The van der Waals surface area contributed by atoms with Crippen LogP contribution >= 0.6 is 0 Å². The summed E-state index contributed by atoms with van der Waals surface area (Å²) in [5.41, 5.74) is 3.12. The summed E-state index contributed by atoms with van der Waals surface area (Å²) >= 11 is 2.37. The molecule has 0 amide bonds. The van der Waals surface area contributed by atoms with Crippen molar-refractivity contribution in [1.29, 1.82) is 0 Å². The first-order valence-corrected chi connectivity index (χ1v) is 9.58. The molecule has 1 aliphatic carbocycles. The first kappa shape index (κ1) is 23.0. The van der Waals surface area contributed by atoms with E-state index in [1.807, 2.05) is 0 Å². The molecule has 0 N–H and O–H groups in total. The van der Waals surface area contributed by atoms with Gasteiger partial charge in [-0.3, -0.25) is 0 Å². The van der Waals surface area contributed by atoms with Crippen LogP contribution in [0.4, 0.5) is 0 Å². The van der Waals surface area contributed by atoms with Crippen LogP contribution in [0.5, 0.6) is 0 Å². The average Bonchev–Trinajstić information content (AvgIpc) is 2.75. The number of halogens is 3. The van der Waals surface area contributed by atoms with E-state index in [0.29, 0.717) is 5.92 Å². The molecule has 120 valence electrons. The minimum Gasteiger partial charge on any atom is -1.00 e. The first-order valence-electron chi connectivity index (χ1n) is 7.39. The minimum absolute atomic E-state index is 0. The van der Waals surface area contributed by atoms with Crippen molar-refractivity contribution in [2.45, 2.75) is 25.7 Å². The number of benzene rings is 2. The molecule has 2 aromatic rings. The summed E-state index contributed by atoms with van der Waals surface area (Å²) in [6.45, 7) is 2.29. The molecule has 0 aromatic heterocycles. The van der Waals surface area contributed by atoms with Crippen molar-refractivity contribution in [3.05, 3.63) is 69.6 Å². The van der Waals surface area contributed by atoms with Gasteiger partial charge in [-0.25, -0.2) is 0 Å². The van der Waals surface area contributed by atoms with E-state index in [9.17, 15) is 0 Å². The van der Waals surface area contributed by atoms with Gasteiger partial charge in [-0.1, -0.05) is 0 Å². The normalized spacial score (nSPS) is 15.7. The first-order chi connectivity index (χ1) is 9.81. The Morgan fingerprint density at radius 1 is 0.913 bits per heavy atom. The van der Waals surface area contributed by atoms with Crippen LogP contribution in [-0.4, -0.2) is 9.52 Å². The molecule has 0 aliphatic heterocycles. The van der Waals surface area contributed by atoms with Crippen LogP contribution in [0.2, 0.25) is 0 Å². The van der Waals surface area contributed by atoms with Gasteiger partial charge in [0.25, 0.3) is 0 Å². The van der Waals surface area contributed by atoms with Gasteiger partial charge in [0.05, 0.1) is 0 Å². The summed E-state index contributed by atoms with van der Waals surface area (Å²) in [5.74, 6) is 0.669. The third-order valence-corrected chi connectivity index (χ3v) is 7.70. The Balaban J connectivity index is 0.00000161. The molecule has 0 bridgehead atoms. The Labute approximate surface area is 172 Å². The summed E-state index contributed by atoms with van der Waals surface area (Å²) in [7, 11) is -0.360. The van der Waals surface area contributed by atoms with E-state index in [-0.39, 0.29) is 46.7 Å². The van der Waals surface area contributed by atoms with E-state index in [0.717, 1.165) is 0 Å². The summed E-state index contributed by atoms with van der Waals surface area (Å²) in [4.78, 5) is 0. The van der Waals surface area contributed by atoms with Gasteiger partial charge in [0.15, 0.2) is 0 Å². The minimum atomic E-state index is -0.360. The van der Waals surface area contributed by atoms with E-state index in [4.69, 9.17) is 0 Å². The average molecular weight is 418 g/mol. The Hall–Kier alpha value is -0.0188. The Morgan fingerprint density at radius 2 is 1.52 bits per heavy atom. The SMILES string of the molecule is CCCC1[C]([Ti+3])=C([SiH2]c2ccccc2)c2ccccc21.[Cl-].[Cl-].[Cl-]. The maximum Gasteiger partial charge on any atom is -1.00 e.